The standard InChI is InChI=1S/C8H5NO3S/c10-3-5-4-1-2-13-7(4)9-6(5)8(11)12/h1-3,9H,(H,11,12). The number of carboxylic acids is 1. The maximum Gasteiger partial charge on any atom is 0.353 e. The van der Waals surface area contributed by atoms with Gasteiger partial charge in [-0.25, -0.2) is 4.79 Å². The lowest BCUT2D eigenvalue weighted by atomic mass is 10.2. The maximum atomic E-state index is 10.7. The molecule has 0 aliphatic rings. The predicted octanol–water partition coefficient (Wildman–Crippen LogP) is 1.74. The molecule has 0 radical (unpaired) electrons. The van der Waals surface area contributed by atoms with Gasteiger partial charge in [0.2, 0.25) is 0 Å². The summed E-state index contributed by atoms with van der Waals surface area (Å²) in [6.07, 6.45) is 0.564. The molecule has 13 heavy (non-hydrogen) atoms. The van der Waals surface area contributed by atoms with Crippen LogP contribution in [0.1, 0.15) is 20.8 Å². The predicted molar refractivity (Wildman–Crippen MR) is 48.5 cm³/mol. The second-order valence-electron chi connectivity index (χ2n) is 2.50. The van der Waals surface area contributed by atoms with Crippen molar-refractivity contribution >= 4 is 33.8 Å². The van der Waals surface area contributed by atoms with E-state index in [1.165, 1.54) is 11.3 Å². The Morgan fingerprint density at radius 2 is 2.38 bits per heavy atom. The quantitative estimate of drug-likeness (QED) is 0.717. The number of aromatic nitrogens is 1. The molecule has 4 nitrogen and oxygen atoms in total. The minimum absolute atomic E-state index is 0.0307. The Bertz CT molecular complexity index is 483. The highest BCUT2D eigenvalue weighted by atomic mass is 32.1. The molecule has 0 aliphatic heterocycles. The van der Waals surface area contributed by atoms with Gasteiger partial charge < -0.3 is 10.1 Å². The largest absolute Gasteiger partial charge is 0.477 e. The van der Waals surface area contributed by atoms with Crippen LogP contribution in [0.5, 0.6) is 0 Å². The van der Waals surface area contributed by atoms with Gasteiger partial charge in [0.05, 0.1) is 5.56 Å². The van der Waals surface area contributed by atoms with Crippen molar-refractivity contribution in [1.29, 1.82) is 0 Å². The molecule has 0 bridgehead atoms. The van der Waals surface area contributed by atoms with Gasteiger partial charge in [0.25, 0.3) is 0 Å². The number of fused-ring (bicyclic) bond motifs is 1. The van der Waals surface area contributed by atoms with Crippen LogP contribution in [0.4, 0.5) is 0 Å². The molecule has 0 saturated heterocycles. The van der Waals surface area contributed by atoms with Crippen molar-refractivity contribution in [2.75, 3.05) is 0 Å². The summed E-state index contributed by atoms with van der Waals surface area (Å²) in [5.74, 6) is -1.11. The third-order valence-electron chi connectivity index (χ3n) is 1.79. The first-order chi connectivity index (χ1) is 6.24. The van der Waals surface area contributed by atoms with E-state index in [0.29, 0.717) is 11.7 Å². The average Bonchev–Trinajstić information content (AvgIpc) is 2.60. The Morgan fingerprint density at radius 3 is 3.00 bits per heavy atom. The summed E-state index contributed by atoms with van der Waals surface area (Å²) in [4.78, 5) is 24.7. The first kappa shape index (κ1) is 8.00. The van der Waals surface area contributed by atoms with Crippen LogP contribution >= 0.6 is 11.3 Å². The Balaban J connectivity index is 2.82. The maximum absolute atomic E-state index is 10.7. The van der Waals surface area contributed by atoms with Gasteiger partial charge in [0.1, 0.15) is 10.5 Å². The van der Waals surface area contributed by atoms with E-state index in [1.54, 1.807) is 11.4 Å². The van der Waals surface area contributed by atoms with Gasteiger partial charge in [-0.05, 0) is 11.4 Å². The number of rotatable bonds is 2. The highest BCUT2D eigenvalue weighted by molar-refractivity contribution is 7.16. The van der Waals surface area contributed by atoms with Crippen LogP contribution in [-0.2, 0) is 0 Å². The molecule has 5 heteroatoms. The van der Waals surface area contributed by atoms with Crippen molar-refractivity contribution in [2.45, 2.75) is 0 Å². The number of carboxylic acid groups (broad SMARTS) is 1. The molecule has 0 aromatic carbocycles. The molecule has 66 valence electrons. The minimum atomic E-state index is -1.11. The van der Waals surface area contributed by atoms with Crippen LogP contribution in [-0.4, -0.2) is 22.3 Å². The molecule has 2 aromatic heterocycles. The molecule has 0 unspecified atom stereocenters. The van der Waals surface area contributed by atoms with Crippen LogP contribution in [0.2, 0.25) is 0 Å². The number of nitrogens with one attached hydrogen (secondary N) is 1. The van der Waals surface area contributed by atoms with Gasteiger partial charge in [-0.3, -0.25) is 4.79 Å². The van der Waals surface area contributed by atoms with Crippen LogP contribution in [0.25, 0.3) is 10.2 Å². The van der Waals surface area contributed by atoms with Crippen LogP contribution in [0.15, 0.2) is 11.4 Å². The van der Waals surface area contributed by atoms with E-state index in [0.717, 1.165) is 4.83 Å². The normalized spacial score (nSPS) is 10.5. The molecule has 2 N–H and O–H groups in total. The summed E-state index contributed by atoms with van der Waals surface area (Å²) in [5.41, 5.74) is 0.195. The minimum Gasteiger partial charge on any atom is -0.477 e. The fraction of sp³-hybridized carbons (Fsp3) is 0. The summed E-state index contributed by atoms with van der Waals surface area (Å²) in [5, 5.41) is 11.2. The van der Waals surface area contributed by atoms with Gasteiger partial charge >= 0.3 is 5.97 Å². The lowest BCUT2D eigenvalue weighted by Gasteiger charge is -1.88. The summed E-state index contributed by atoms with van der Waals surface area (Å²) >= 11 is 1.38. The lowest BCUT2D eigenvalue weighted by Crippen LogP contribution is -2.00. The van der Waals surface area contributed by atoms with Gasteiger partial charge in [0, 0.05) is 5.39 Å². The number of H-pyrrole nitrogens is 1. The number of aromatic carboxylic acids is 1. The first-order valence-corrected chi connectivity index (χ1v) is 4.39. The van der Waals surface area contributed by atoms with E-state index in [2.05, 4.69) is 4.98 Å². The van der Waals surface area contributed by atoms with E-state index in [9.17, 15) is 9.59 Å². The Kier molecular flexibility index (Phi) is 1.66. The van der Waals surface area contributed by atoms with Crippen LogP contribution < -0.4 is 0 Å². The first-order valence-electron chi connectivity index (χ1n) is 3.51. The second kappa shape index (κ2) is 2.70. The number of carbonyl (C=O) groups excluding carboxylic acids is 1. The highest BCUT2D eigenvalue weighted by Crippen LogP contribution is 2.25. The number of hydrogen-bond donors (Lipinski definition) is 2. The molecular formula is C8H5NO3S. The lowest BCUT2D eigenvalue weighted by molar-refractivity contribution is 0.0688. The topological polar surface area (TPSA) is 70.2 Å². The van der Waals surface area contributed by atoms with Gasteiger partial charge in [0.15, 0.2) is 6.29 Å². The molecule has 0 atom stereocenters. The average molecular weight is 195 g/mol. The van der Waals surface area contributed by atoms with Gasteiger partial charge in [-0.2, -0.15) is 0 Å². The summed E-state index contributed by atoms with van der Waals surface area (Å²) in [6.45, 7) is 0. The summed E-state index contributed by atoms with van der Waals surface area (Å²) in [6, 6.07) is 1.73. The zero-order chi connectivity index (χ0) is 9.42. The highest BCUT2D eigenvalue weighted by Gasteiger charge is 2.16. The van der Waals surface area contributed by atoms with Crippen molar-refractivity contribution in [3.63, 3.8) is 0 Å². The summed E-state index contributed by atoms with van der Waals surface area (Å²) < 4.78 is 0. The number of thiophene rings is 1. The van der Waals surface area contributed by atoms with Crippen LogP contribution in [0.3, 0.4) is 0 Å². The van der Waals surface area contributed by atoms with Gasteiger partial charge in [-0.15, -0.1) is 11.3 Å². The monoisotopic (exact) mass is 195 g/mol. The third-order valence-corrected chi connectivity index (χ3v) is 2.62. The van der Waals surface area contributed by atoms with E-state index < -0.39 is 5.97 Å². The Morgan fingerprint density at radius 1 is 1.62 bits per heavy atom. The van der Waals surface area contributed by atoms with Crippen molar-refractivity contribution in [3.05, 3.63) is 22.7 Å². The van der Waals surface area contributed by atoms with E-state index in [1.807, 2.05) is 0 Å². The van der Waals surface area contributed by atoms with E-state index >= 15 is 0 Å². The Hall–Kier alpha value is -1.62. The molecule has 0 amide bonds. The van der Waals surface area contributed by atoms with Gasteiger partial charge in [-0.1, -0.05) is 0 Å². The molecular weight excluding hydrogens is 190 g/mol. The van der Waals surface area contributed by atoms with Crippen molar-refractivity contribution in [2.24, 2.45) is 0 Å². The Labute approximate surface area is 76.8 Å². The number of aromatic amines is 1. The fourth-order valence-electron chi connectivity index (χ4n) is 1.22. The van der Waals surface area contributed by atoms with Crippen molar-refractivity contribution < 1.29 is 14.7 Å². The molecule has 2 rings (SSSR count). The molecule has 2 heterocycles. The smallest absolute Gasteiger partial charge is 0.353 e. The van der Waals surface area contributed by atoms with Crippen molar-refractivity contribution in [1.82, 2.24) is 4.98 Å². The van der Waals surface area contributed by atoms with E-state index in [4.69, 9.17) is 5.11 Å². The molecule has 0 fully saturated rings. The zero-order valence-corrected chi connectivity index (χ0v) is 7.22. The molecule has 0 saturated carbocycles. The van der Waals surface area contributed by atoms with Crippen LogP contribution in [0, 0.1) is 0 Å². The molecule has 0 spiro atoms. The molecule has 2 aromatic rings. The summed E-state index contributed by atoms with van der Waals surface area (Å²) in [7, 11) is 0. The zero-order valence-electron chi connectivity index (χ0n) is 6.40. The second-order valence-corrected chi connectivity index (χ2v) is 3.42. The van der Waals surface area contributed by atoms with Crippen molar-refractivity contribution in [3.8, 4) is 0 Å². The molecule has 0 aliphatic carbocycles. The SMILES string of the molecule is O=Cc1c(C(=O)O)[nH]c2sccc12. The number of hydrogen-bond acceptors (Lipinski definition) is 3. The number of aldehydes is 1. The number of carbonyl (C=O) groups is 2. The van der Waals surface area contributed by atoms with E-state index in [-0.39, 0.29) is 11.3 Å². The third kappa shape index (κ3) is 1.05. The fourth-order valence-corrected chi connectivity index (χ4v) is 2.03.